The fraction of sp³-hybridized carbons (Fsp3) is 0.625. The number of hydrogen-bond donors (Lipinski definition) is 0. The SMILES string of the molecule is CCOC(=O)N1CCn2cnnc2C1. The van der Waals surface area contributed by atoms with E-state index in [0.29, 0.717) is 19.7 Å². The van der Waals surface area contributed by atoms with Crippen LogP contribution in [-0.4, -0.2) is 38.9 Å². The molecule has 0 N–H and O–H groups in total. The lowest BCUT2D eigenvalue weighted by atomic mass is 10.4. The number of aromatic nitrogens is 3. The molecule has 6 nitrogen and oxygen atoms in total. The molecule has 1 aromatic heterocycles. The van der Waals surface area contributed by atoms with Gasteiger partial charge >= 0.3 is 6.09 Å². The monoisotopic (exact) mass is 196 g/mol. The van der Waals surface area contributed by atoms with E-state index < -0.39 is 0 Å². The second kappa shape index (κ2) is 3.65. The van der Waals surface area contributed by atoms with Crippen molar-refractivity contribution in [1.29, 1.82) is 0 Å². The maximum absolute atomic E-state index is 11.4. The number of nitrogens with zero attached hydrogens (tertiary/aromatic N) is 4. The van der Waals surface area contributed by atoms with Crippen LogP contribution >= 0.6 is 0 Å². The van der Waals surface area contributed by atoms with E-state index in [0.717, 1.165) is 12.4 Å². The van der Waals surface area contributed by atoms with Crippen LogP contribution in [0.5, 0.6) is 0 Å². The van der Waals surface area contributed by atoms with Crippen LogP contribution in [0.2, 0.25) is 0 Å². The highest BCUT2D eigenvalue weighted by Crippen LogP contribution is 2.09. The Morgan fingerprint density at radius 1 is 1.64 bits per heavy atom. The van der Waals surface area contributed by atoms with Gasteiger partial charge < -0.3 is 9.30 Å². The van der Waals surface area contributed by atoms with E-state index >= 15 is 0 Å². The normalized spacial score (nSPS) is 15.1. The summed E-state index contributed by atoms with van der Waals surface area (Å²) in [5.41, 5.74) is 0. The van der Waals surface area contributed by atoms with Gasteiger partial charge in [-0.3, -0.25) is 4.90 Å². The van der Waals surface area contributed by atoms with Gasteiger partial charge in [0.05, 0.1) is 13.2 Å². The van der Waals surface area contributed by atoms with Gasteiger partial charge in [-0.1, -0.05) is 0 Å². The maximum atomic E-state index is 11.4. The molecule has 0 unspecified atom stereocenters. The quantitative estimate of drug-likeness (QED) is 0.646. The third kappa shape index (κ3) is 1.55. The summed E-state index contributed by atoms with van der Waals surface area (Å²) in [6, 6.07) is 0. The third-order valence-corrected chi connectivity index (χ3v) is 2.16. The smallest absolute Gasteiger partial charge is 0.410 e. The van der Waals surface area contributed by atoms with Crippen LogP contribution in [-0.2, 0) is 17.8 Å². The minimum atomic E-state index is -0.276. The lowest BCUT2D eigenvalue weighted by molar-refractivity contribution is 0.0963. The Hall–Kier alpha value is -1.59. The molecular formula is C8H12N4O2. The van der Waals surface area contributed by atoms with Gasteiger partial charge in [0.15, 0.2) is 5.82 Å². The van der Waals surface area contributed by atoms with Gasteiger partial charge in [-0.25, -0.2) is 4.79 Å². The van der Waals surface area contributed by atoms with Crippen molar-refractivity contribution in [2.75, 3.05) is 13.2 Å². The van der Waals surface area contributed by atoms with E-state index in [2.05, 4.69) is 10.2 Å². The van der Waals surface area contributed by atoms with Gasteiger partial charge in [0, 0.05) is 13.1 Å². The van der Waals surface area contributed by atoms with Crippen molar-refractivity contribution in [3.05, 3.63) is 12.2 Å². The molecule has 2 rings (SSSR count). The summed E-state index contributed by atoms with van der Waals surface area (Å²) in [4.78, 5) is 13.0. The van der Waals surface area contributed by atoms with Crippen LogP contribution < -0.4 is 0 Å². The number of amides is 1. The number of rotatable bonds is 1. The van der Waals surface area contributed by atoms with Gasteiger partial charge in [0.25, 0.3) is 0 Å². The second-order valence-electron chi connectivity index (χ2n) is 3.06. The van der Waals surface area contributed by atoms with E-state index in [-0.39, 0.29) is 6.09 Å². The molecule has 0 radical (unpaired) electrons. The summed E-state index contributed by atoms with van der Waals surface area (Å²) in [5.74, 6) is 0.810. The lowest BCUT2D eigenvalue weighted by Gasteiger charge is -2.25. The highest BCUT2D eigenvalue weighted by molar-refractivity contribution is 5.67. The molecule has 6 heteroatoms. The summed E-state index contributed by atoms with van der Waals surface area (Å²) in [6.45, 7) is 4.08. The third-order valence-electron chi connectivity index (χ3n) is 2.16. The summed E-state index contributed by atoms with van der Waals surface area (Å²) >= 11 is 0. The van der Waals surface area contributed by atoms with Crippen LogP contribution in [0.25, 0.3) is 0 Å². The number of carbonyl (C=O) groups is 1. The van der Waals surface area contributed by atoms with E-state index in [1.54, 1.807) is 18.2 Å². The Bertz CT molecular complexity index is 336. The molecule has 0 saturated heterocycles. The molecule has 0 bridgehead atoms. The highest BCUT2D eigenvalue weighted by atomic mass is 16.6. The fourth-order valence-electron chi connectivity index (χ4n) is 1.44. The van der Waals surface area contributed by atoms with Gasteiger partial charge in [0.2, 0.25) is 0 Å². The van der Waals surface area contributed by atoms with E-state index in [1.807, 2.05) is 4.57 Å². The van der Waals surface area contributed by atoms with Crippen molar-refractivity contribution >= 4 is 6.09 Å². The Balaban J connectivity index is 2.04. The number of carbonyl (C=O) groups excluding carboxylic acids is 1. The van der Waals surface area contributed by atoms with Crippen LogP contribution in [0.15, 0.2) is 6.33 Å². The summed E-state index contributed by atoms with van der Waals surface area (Å²) in [5, 5.41) is 7.69. The fourth-order valence-corrected chi connectivity index (χ4v) is 1.44. The molecule has 1 amide bonds. The Labute approximate surface area is 81.5 Å². The number of fused-ring (bicyclic) bond motifs is 1. The molecule has 1 aliphatic rings. The van der Waals surface area contributed by atoms with Crippen LogP contribution in [0.4, 0.5) is 4.79 Å². The second-order valence-corrected chi connectivity index (χ2v) is 3.06. The summed E-state index contributed by atoms with van der Waals surface area (Å²) < 4.78 is 6.84. The summed E-state index contributed by atoms with van der Waals surface area (Å²) in [6.07, 6.45) is 1.40. The average molecular weight is 196 g/mol. The van der Waals surface area contributed by atoms with Gasteiger partial charge in [-0.15, -0.1) is 10.2 Å². The van der Waals surface area contributed by atoms with E-state index in [4.69, 9.17) is 4.74 Å². The average Bonchev–Trinajstić information content (AvgIpc) is 2.64. The highest BCUT2D eigenvalue weighted by Gasteiger charge is 2.22. The van der Waals surface area contributed by atoms with Crippen LogP contribution in [0, 0.1) is 0 Å². The first-order valence-electron chi connectivity index (χ1n) is 4.59. The molecule has 76 valence electrons. The Kier molecular flexibility index (Phi) is 2.34. The molecule has 0 atom stereocenters. The molecule has 0 saturated carbocycles. The molecule has 2 heterocycles. The predicted octanol–water partition coefficient (Wildman–Crippen LogP) is 0.250. The molecule has 1 aromatic rings. The van der Waals surface area contributed by atoms with Crippen molar-refractivity contribution in [2.24, 2.45) is 0 Å². The Morgan fingerprint density at radius 2 is 2.50 bits per heavy atom. The minimum Gasteiger partial charge on any atom is -0.450 e. The lowest BCUT2D eigenvalue weighted by Crippen LogP contribution is -2.38. The van der Waals surface area contributed by atoms with Gasteiger partial charge in [-0.2, -0.15) is 0 Å². The minimum absolute atomic E-state index is 0.276. The zero-order valence-corrected chi connectivity index (χ0v) is 8.01. The molecule has 0 fully saturated rings. The first-order chi connectivity index (χ1) is 6.81. The van der Waals surface area contributed by atoms with Crippen molar-refractivity contribution in [2.45, 2.75) is 20.0 Å². The van der Waals surface area contributed by atoms with E-state index in [9.17, 15) is 4.79 Å². The standard InChI is InChI=1S/C8H12N4O2/c1-2-14-8(13)11-3-4-12-6-9-10-7(12)5-11/h6H,2-5H2,1H3. The van der Waals surface area contributed by atoms with Crippen molar-refractivity contribution in [3.8, 4) is 0 Å². The number of ether oxygens (including phenoxy) is 1. The zero-order valence-electron chi connectivity index (χ0n) is 8.01. The van der Waals surface area contributed by atoms with E-state index in [1.165, 1.54) is 0 Å². The Morgan fingerprint density at radius 3 is 3.29 bits per heavy atom. The van der Waals surface area contributed by atoms with Gasteiger partial charge in [0.1, 0.15) is 6.33 Å². The first kappa shape index (κ1) is 8.98. The topological polar surface area (TPSA) is 60.2 Å². The number of hydrogen-bond acceptors (Lipinski definition) is 4. The van der Waals surface area contributed by atoms with Gasteiger partial charge in [-0.05, 0) is 6.92 Å². The van der Waals surface area contributed by atoms with Crippen molar-refractivity contribution < 1.29 is 9.53 Å². The first-order valence-corrected chi connectivity index (χ1v) is 4.59. The molecular weight excluding hydrogens is 184 g/mol. The zero-order chi connectivity index (χ0) is 9.97. The largest absolute Gasteiger partial charge is 0.450 e. The van der Waals surface area contributed by atoms with Crippen molar-refractivity contribution in [1.82, 2.24) is 19.7 Å². The van der Waals surface area contributed by atoms with Crippen LogP contribution in [0.3, 0.4) is 0 Å². The molecule has 0 aliphatic carbocycles. The van der Waals surface area contributed by atoms with Crippen molar-refractivity contribution in [3.63, 3.8) is 0 Å². The molecule has 14 heavy (non-hydrogen) atoms. The molecule has 1 aliphatic heterocycles. The maximum Gasteiger partial charge on any atom is 0.410 e. The predicted molar refractivity (Wildman–Crippen MR) is 47.5 cm³/mol. The van der Waals surface area contributed by atoms with Crippen LogP contribution in [0.1, 0.15) is 12.7 Å². The molecule has 0 aromatic carbocycles. The summed E-state index contributed by atoms with van der Waals surface area (Å²) in [7, 11) is 0. The molecule has 0 spiro atoms.